The van der Waals surface area contributed by atoms with Crippen LogP contribution in [0.4, 0.5) is 0 Å². The lowest BCUT2D eigenvalue weighted by atomic mass is 10.1. The molecule has 1 N–H and O–H groups in total. The van der Waals surface area contributed by atoms with Crippen molar-refractivity contribution < 1.29 is 14.3 Å². The van der Waals surface area contributed by atoms with Crippen LogP contribution in [-0.4, -0.2) is 16.1 Å². The van der Waals surface area contributed by atoms with E-state index in [1.807, 2.05) is 31.2 Å². The van der Waals surface area contributed by atoms with Gasteiger partial charge in [-0.3, -0.25) is 0 Å². The van der Waals surface area contributed by atoms with Crippen LogP contribution in [0.5, 0.6) is 0 Å². The lowest BCUT2D eigenvalue weighted by molar-refractivity contribution is 0.0697. The molecule has 1 heterocycles. The molecule has 2 aromatic carbocycles. The molecule has 3 aromatic rings. The number of aromatic carboxylic acids is 1. The van der Waals surface area contributed by atoms with E-state index in [2.05, 4.69) is 4.98 Å². The number of carbonyl (C=O) groups is 1. The maximum Gasteiger partial charge on any atom is 0.335 e. The third kappa shape index (κ3) is 2.08. The number of carboxylic acid groups (broad SMARTS) is 1. The lowest BCUT2D eigenvalue weighted by Gasteiger charge is -1.95. The van der Waals surface area contributed by atoms with Gasteiger partial charge in [-0.15, -0.1) is 0 Å². The van der Waals surface area contributed by atoms with Crippen molar-refractivity contribution in [3.63, 3.8) is 0 Å². The molecule has 0 bridgehead atoms. The van der Waals surface area contributed by atoms with Gasteiger partial charge in [-0.25, -0.2) is 9.78 Å². The van der Waals surface area contributed by atoms with Gasteiger partial charge < -0.3 is 9.52 Å². The van der Waals surface area contributed by atoms with Crippen molar-refractivity contribution in [3.8, 4) is 11.5 Å². The van der Waals surface area contributed by atoms with E-state index in [9.17, 15) is 4.79 Å². The van der Waals surface area contributed by atoms with E-state index in [0.717, 1.165) is 11.1 Å². The second kappa shape index (κ2) is 4.24. The largest absolute Gasteiger partial charge is 0.478 e. The SMILES string of the molecule is Cc1ccc(-c2nc3cc(C(=O)O)ccc3o2)cc1. The average Bonchev–Trinajstić information content (AvgIpc) is 2.82. The highest BCUT2D eigenvalue weighted by molar-refractivity contribution is 5.92. The van der Waals surface area contributed by atoms with Gasteiger partial charge in [0.15, 0.2) is 5.58 Å². The normalized spacial score (nSPS) is 10.8. The highest BCUT2D eigenvalue weighted by Gasteiger charge is 2.10. The van der Waals surface area contributed by atoms with Crippen LogP contribution in [-0.2, 0) is 0 Å². The van der Waals surface area contributed by atoms with E-state index in [1.54, 1.807) is 6.07 Å². The second-order valence-corrected chi connectivity index (χ2v) is 4.37. The summed E-state index contributed by atoms with van der Waals surface area (Å²) < 4.78 is 5.62. The number of hydrogen-bond acceptors (Lipinski definition) is 3. The minimum absolute atomic E-state index is 0.205. The monoisotopic (exact) mass is 253 g/mol. The number of aromatic nitrogens is 1. The van der Waals surface area contributed by atoms with Crippen molar-refractivity contribution in [2.24, 2.45) is 0 Å². The topological polar surface area (TPSA) is 63.3 Å². The Morgan fingerprint density at radius 1 is 1.16 bits per heavy atom. The maximum atomic E-state index is 10.9. The molecule has 0 saturated carbocycles. The fraction of sp³-hybridized carbons (Fsp3) is 0.0667. The first-order valence-corrected chi connectivity index (χ1v) is 5.84. The van der Waals surface area contributed by atoms with Crippen LogP contribution in [0.1, 0.15) is 15.9 Å². The number of aryl methyl sites for hydroxylation is 1. The fourth-order valence-corrected chi connectivity index (χ4v) is 1.88. The Morgan fingerprint density at radius 2 is 1.89 bits per heavy atom. The van der Waals surface area contributed by atoms with Gasteiger partial charge in [-0.2, -0.15) is 0 Å². The quantitative estimate of drug-likeness (QED) is 0.759. The van der Waals surface area contributed by atoms with Crippen molar-refractivity contribution in [2.75, 3.05) is 0 Å². The minimum Gasteiger partial charge on any atom is -0.478 e. The molecule has 94 valence electrons. The third-order valence-electron chi connectivity index (χ3n) is 2.93. The predicted octanol–water partition coefficient (Wildman–Crippen LogP) is 3.50. The van der Waals surface area contributed by atoms with Crippen LogP contribution in [0.3, 0.4) is 0 Å². The number of rotatable bonds is 2. The summed E-state index contributed by atoms with van der Waals surface area (Å²) in [5, 5.41) is 8.94. The summed E-state index contributed by atoms with van der Waals surface area (Å²) in [5.74, 6) is -0.473. The summed E-state index contributed by atoms with van der Waals surface area (Å²) in [4.78, 5) is 15.2. The fourth-order valence-electron chi connectivity index (χ4n) is 1.88. The van der Waals surface area contributed by atoms with Crippen molar-refractivity contribution in [3.05, 3.63) is 53.6 Å². The zero-order chi connectivity index (χ0) is 13.4. The van der Waals surface area contributed by atoms with Gasteiger partial charge in [0.1, 0.15) is 5.52 Å². The molecule has 0 aliphatic rings. The van der Waals surface area contributed by atoms with E-state index < -0.39 is 5.97 Å². The number of fused-ring (bicyclic) bond motifs is 1. The molecular weight excluding hydrogens is 242 g/mol. The molecule has 0 amide bonds. The molecule has 0 saturated heterocycles. The van der Waals surface area contributed by atoms with Crippen molar-refractivity contribution in [1.29, 1.82) is 0 Å². The molecule has 19 heavy (non-hydrogen) atoms. The molecule has 0 spiro atoms. The zero-order valence-corrected chi connectivity index (χ0v) is 10.3. The Hall–Kier alpha value is -2.62. The molecule has 4 nitrogen and oxygen atoms in total. The van der Waals surface area contributed by atoms with E-state index in [1.165, 1.54) is 12.1 Å². The summed E-state index contributed by atoms with van der Waals surface area (Å²) in [5.41, 5.74) is 3.37. The first-order chi connectivity index (χ1) is 9.13. The van der Waals surface area contributed by atoms with Crippen LogP contribution in [0.15, 0.2) is 46.9 Å². The van der Waals surface area contributed by atoms with Crippen LogP contribution in [0.2, 0.25) is 0 Å². The standard InChI is InChI=1S/C15H11NO3/c1-9-2-4-10(5-3-9)14-16-12-8-11(15(17)18)6-7-13(12)19-14/h2-8H,1H3,(H,17,18). The Bertz CT molecular complexity index is 757. The zero-order valence-electron chi connectivity index (χ0n) is 10.3. The highest BCUT2D eigenvalue weighted by Crippen LogP contribution is 2.25. The molecule has 3 rings (SSSR count). The van der Waals surface area contributed by atoms with Crippen LogP contribution in [0.25, 0.3) is 22.6 Å². The molecule has 0 aliphatic carbocycles. The van der Waals surface area contributed by atoms with Gasteiger partial charge in [0.25, 0.3) is 0 Å². The van der Waals surface area contributed by atoms with Crippen molar-refractivity contribution in [2.45, 2.75) is 6.92 Å². The molecular formula is C15H11NO3. The van der Waals surface area contributed by atoms with Gasteiger partial charge in [0.05, 0.1) is 5.56 Å². The van der Waals surface area contributed by atoms with Crippen molar-refractivity contribution >= 4 is 17.1 Å². The molecule has 1 aromatic heterocycles. The summed E-state index contributed by atoms with van der Waals surface area (Å²) in [6, 6.07) is 12.5. The van der Waals surface area contributed by atoms with Crippen LogP contribution in [0, 0.1) is 6.92 Å². The summed E-state index contributed by atoms with van der Waals surface area (Å²) in [6.45, 7) is 2.01. The molecule has 0 unspecified atom stereocenters. The Morgan fingerprint density at radius 3 is 2.58 bits per heavy atom. The summed E-state index contributed by atoms with van der Waals surface area (Å²) >= 11 is 0. The van der Waals surface area contributed by atoms with Crippen molar-refractivity contribution in [1.82, 2.24) is 4.98 Å². The van der Waals surface area contributed by atoms with Crippen LogP contribution >= 0.6 is 0 Å². The maximum absolute atomic E-state index is 10.9. The minimum atomic E-state index is -0.971. The van der Waals surface area contributed by atoms with Gasteiger partial charge >= 0.3 is 5.97 Å². The first kappa shape index (κ1) is 11.5. The third-order valence-corrected chi connectivity index (χ3v) is 2.93. The number of oxazole rings is 1. The molecule has 0 fully saturated rings. The van der Waals surface area contributed by atoms with E-state index in [0.29, 0.717) is 17.0 Å². The highest BCUT2D eigenvalue weighted by atomic mass is 16.4. The number of hydrogen-bond donors (Lipinski definition) is 1. The van der Waals surface area contributed by atoms with E-state index in [4.69, 9.17) is 9.52 Å². The predicted molar refractivity (Wildman–Crippen MR) is 71.1 cm³/mol. The second-order valence-electron chi connectivity index (χ2n) is 4.37. The molecule has 0 aliphatic heterocycles. The molecule has 0 atom stereocenters. The summed E-state index contributed by atoms with van der Waals surface area (Å²) in [7, 11) is 0. The number of nitrogens with zero attached hydrogens (tertiary/aromatic N) is 1. The molecule has 0 radical (unpaired) electrons. The first-order valence-electron chi connectivity index (χ1n) is 5.84. The average molecular weight is 253 g/mol. The van der Waals surface area contributed by atoms with E-state index in [-0.39, 0.29) is 5.56 Å². The smallest absolute Gasteiger partial charge is 0.335 e. The van der Waals surface area contributed by atoms with Gasteiger partial charge in [0.2, 0.25) is 5.89 Å². The number of benzene rings is 2. The summed E-state index contributed by atoms with van der Waals surface area (Å²) in [6.07, 6.45) is 0. The Balaban J connectivity index is 2.11. The lowest BCUT2D eigenvalue weighted by Crippen LogP contribution is -1.94. The molecule has 4 heteroatoms. The van der Waals surface area contributed by atoms with Gasteiger partial charge in [-0.05, 0) is 37.3 Å². The van der Waals surface area contributed by atoms with Crippen LogP contribution < -0.4 is 0 Å². The Labute approximate surface area is 109 Å². The number of carboxylic acids is 1. The Kier molecular flexibility index (Phi) is 2.56. The van der Waals surface area contributed by atoms with Gasteiger partial charge in [0, 0.05) is 5.56 Å². The van der Waals surface area contributed by atoms with Gasteiger partial charge in [-0.1, -0.05) is 17.7 Å². The van der Waals surface area contributed by atoms with E-state index >= 15 is 0 Å².